The number of amides is 1. The molecule has 0 fully saturated rings. The fraction of sp³-hybridized carbons (Fsp3) is 0.565. The lowest BCUT2D eigenvalue weighted by Crippen LogP contribution is -2.45. The summed E-state index contributed by atoms with van der Waals surface area (Å²) >= 11 is 1.70. The average molecular weight is 420 g/mol. The summed E-state index contributed by atoms with van der Waals surface area (Å²) in [5.74, 6) is 0.571. The predicted molar refractivity (Wildman–Crippen MR) is 118 cm³/mol. The zero-order valence-electron chi connectivity index (χ0n) is 17.9. The van der Waals surface area contributed by atoms with Gasteiger partial charge in [0.2, 0.25) is 0 Å². The number of allylic oxidation sites excluding steroid dienone is 2. The smallest absolute Gasteiger partial charge is 0.408 e. The molecule has 2 atom stereocenters. The molecule has 0 aromatic heterocycles. The molecule has 0 saturated carbocycles. The molecule has 1 aromatic carbocycles. The van der Waals surface area contributed by atoms with Gasteiger partial charge in [0, 0.05) is 10.5 Å². The molecule has 5 nitrogen and oxygen atoms in total. The SMILES string of the molecule is CCOC(=O)C(CSC(C)(C)C1CC=C(C)CC1)NC(=O)OCc1ccccc1. The normalized spacial score (nSPS) is 17.8. The Morgan fingerprint density at radius 3 is 2.59 bits per heavy atom. The first-order valence-corrected chi connectivity index (χ1v) is 11.2. The number of alkyl carbamates (subject to hydrolysis) is 1. The van der Waals surface area contributed by atoms with E-state index in [-0.39, 0.29) is 18.0 Å². The van der Waals surface area contributed by atoms with Gasteiger partial charge in [-0.15, -0.1) is 0 Å². The number of rotatable bonds is 9. The number of benzene rings is 1. The Bertz CT molecular complexity index is 702. The molecule has 2 unspecified atom stereocenters. The minimum Gasteiger partial charge on any atom is -0.464 e. The summed E-state index contributed by atoms with van der Waals surface area (Å²) in [4.78, 5) is 24.6. The number of thioether (sulfide) groups is 1. The maximum atomic E-state index is 12.4. The highest BCUT2D eigenvalue weighted by Crippen LogP contribution is 2.40. The Kier molecular flexibility index (Phi) is 9.08. The van der Waals surface area contributed by atoms with Gasteiger partial charge in [-0.05, 0) is 44.6 Å². The van der Waals surface area contributed by atoms with Crippen LogP contribution in [0.1, 0.15) is 52.5 Å². The number of esters is 1. The number of hydrogen-bond acceptors (Lipinski definition) is 5. The van der Waals surface area contributed by atoms with Crippen molar-refractivity contribution in [3.63, 3.8) is 0 Å². The summed E-state index contributed by atoms with van der Waals surface area (Å²) in [5, 5.41) is 2.69. The molecule has 6 heteroatoms. The van der Waals surface area contributed by atoms with Gasteiger partial charge in [0.05, 0.1) is 6.61 Å². The highest BCUT2D eigenvalue weighted by atomic mass is 32.2. The second-order valence-corrected chi connectivity index (χ2v) is 9.62. The minimum atomic E-state index is -0.733. The van der Waals surface area contributed by atoms with Gasteiger partial charge in [-0.3, -0.25) is 0 Å². The monoisotopic (exact) mass is 419 g/mol. The van der Waals surface area contributed by atoms with Crippen LogP contribution in [0, 0.1) is 5.92 Å². The molecule has 29 heavy (non-hydrogen) atoms. The molecule has 160 valence electrons. The summed E-state index contributed by atoms with van der Waals surface area (Å²) < 4.78 is 10.4. The Morgan fingerprint density at radius 2 is 1.97 bits per heavy atom. The first-order valence-electron chi connectivity index (χ1n) is 10.2. The molecule has 2 rings (SSSR count). The maximum absolute atomic E-state index is 12.4. The molecular weight excluding hydrogens is 386 g/mol. The molecule has 1 amide bonds. The summed E-state index contributed by atoms with van der Waals surface area (Å²) in [5.41, 5.74) is 2.35. The van der Waals surface area contributed by atoms with Gasteiger partial charge >= 0.3 is 12.1 Å². The van der Waals surface area contributed by atoms with E-state index in [4.69, 9.17) is 9.47 Å². The third-order valence-corrected chi connectivity index (χ3v) is 6.90. The molecule has 0 radical (unpaired) electrons. The van der Waals surface area contributed by atoms with Crippen molar-refractivity contribution in [2.75, 3.05) is 12.4 Å². The van der Waals surface area contributed by atoms with Crippen molar-refractivity contribution in [3.8, 4) is 0 Å². The zero-order valence-corrected chi connectivity index (χ0v) is 18.7. The summed E-state index contributed by atoms with van der Waals surface area (Å²) in [6.45, 7) is 8.81. The van der Waals surface area contributed by atoms with E-state index in [2.05, 4.69) is 32.2 Å². The van der Waals surface area contributed by atoms with E-state index in [1.54, 1.807) is 18.7 Å². The van der Waals surface area contributed by atoms with Gasteiger partial charge in [0.15, 0.2) is 0 Å². The Morgan fingerprint density at radius 1 is 1.24 bits per heavy atom. The van der Waals surface area contributed by atoms with Gasteiger partial charge in [-0.1, -0.05) is 55.8 Å². The van der Waals surface area contributed by atoms with Crippen molar-refractivity contribution in [3.05, 3.63) is 47.5 Å². The van der Waals surface area contributed by atoms with Crippen LogP contribution in [-0.4, -0.2) is 35.2 Å². The molecule has 0 aliphatic heterocycles. The van der Waals surface area contributed by atoms with Crippen LogP contribution in [0.25, 0.3) is 0 Å². The van der Waals surface area contributed by atoms with Gasteiger partial charge in [-0.2, -0.15) is 11.8 Å². The van der Waals surface area contributed by atoms with E-state index < -0.39 is 18.1 Å². The lowest BCUT2D eigenvalue weighted by atomic mass is 9.82. The number of nitrogens with one attached hydrogen (secondary N) is 1. The van der Waals surface area contributed by atoms with E-state index in [9.17, 15) is 9.59 Å². The van der Waals surface area contributed by atoms with Crippen LogP contribution in [0.2, 0.25) is 0 Å². The first kappa shape index (κ1) is 23.3. The van der Waals surface area contributed by atoms with Crippen molar-refractivity contribution < 1.29 is 19.1 Å². The van der Waals surface area contributed by atoms with Crippen molar-refractivity contribution in [2.45, 2.75) is 64.4 Å². The zero-order chi connectivity index (χ0) is 21.3. The van der Waals surface area contributed by atoms with Gasteiger partial charge < -0.3 is 14.8 Å². The molecule has 1 aliphatic rings. The van der Waals surface area contributed by atoms with Crippen molar-refractivity contribution in [1.29, 1.82) is 0 Å². The standard InChI is InChI=1S/C23H33NO4S/c1-5-27-21(25)20(24-22(26)28-15-18-9-7-6-8-10-18)16-29-23(3,4)19-13-11-17(2)12-14-19/h6-11,19-20H,5,12-16H2,1-4H3,(H,24,26). The first-order chi connectivity index (χ1) is 13.8. The molecule has 1 aliphatic carbocycles. The average Bonchev–Trinajstić information content (AvgIpc) is 2.71. The van der Waals surface area contributed by atoms with Crippen LogP contribution < -0.4 is 5.32 Å². The number of carbonyl (C=O) groups excluding carboxylic acids is 2. The summed E-state index contributed by atoms with van der Waals surface area (Å²) in [6.07, 6.45) is 5.04. The van der Waals surface area contributed by atoms with E-state index in [0.717, 1.165) is 24.8 Å². The third kappa shape index (κ3) is 7.77. The van der Waals surface area contributed by atoms with E-state index in [0.29, 0.717) is 11.7 Å². The van der Waals surface area contributed by atoms with Gasteiger partial charge in [0.25, 0.3) is 0 Å². The van der Waals surface area contributed by atoms with Crippen molar-refractivity contribution >= 4 is 23.8 Å². The molecule has 0 heterocycles. The van der Waals surface area contributed by atoms with Crippen molar-refractivity contribution in [1.82, 2.24) is 5.32 Å². The quantitative estimate of drug-likeness (QED) is 0.445. The molecule has 1 aromatic rings. The second-order valence-electron chi connectivity index (χ2n) is 7.95. The molecular formula is C23H33NO4S. The van der Waals surface area contributed by atoms with E-state index in [1.165, 1.54) is 5.57 Å². The molecule has 1 N–H and O–H groups in total. The van der Waals surface area contributed by atoms with Gasteiger partial charge in [0.1, 0.15) is 12.6 Å². The Labute approximate surface area is 178 Å². The Balaban J connectivity index is 1.91. The third-order valence-electron chi connectivity index (χ3n) is 5.32. The van der Waals surface area contributed by atoms with Crippen LogP contribution in [-0.2, 0) is 20.9 Å². The van der Waals surface area contributed by atoms with Crippen LogP contribution in [0.5, 0.6) is 0 Å². The summed E-state index contributed by atoms with van der Waals surface area (Å²) in [6, 6.07) is 8.72. The largest absolute Gasteiger partial charge is 0.464 e. The minimum absolute atomic E-state index is 0.00241. The highest BCUT2D eigenvalue weighted by Gasteiger charge is 2.33. The predicted octanol–water partition coefficient (Wildman–Crippen LogP) is 5.10. The maximum Gasteiger partial charge on any atom is 0.408 e. The van der Waals surface area contributed by atoms with Gasteiger partial charge in [-0.25, -0.2) is 9.59 Å². The van der Waals surface area contributed by atoms with Crippen LogP contribution in [0.3, 0.4) is 0 Å². The second kappa shape index (κ2) is 11.3. The number of hydrogen-bond donors (Lipinski definition) is 1. The molecule has 0 spiro atoms. The lowest BCUT2D eigenvalue weighted by molar-refractivity contribution is -0.144. The Hall–Kier alpha value is -1.95. The number of ether oxygens (including phenoxy) is 2. The van der Waals surface area contributed by atoms with E-state index >= 15 is 0 Å². The fourth-order valence-corrected chi connectivity index (χ4v) is 4.60. The highest BCUT2D eigenvalue weighted by molar-refractivity contribution is 8.00. The van der Waals surface area contributed by atoms with E-state index in [1.807, 2.05) is 30.3 Å². The number of carbonyl (C=O) groups is 2. The fourth-order valence-electron chi connectivity index (χ4n) is 3.33. The lowest BCUT2D eigenvalue weighted by Gasteiger charge is -2.36. The van der Waals surface area contributed by atoms with Crippen molar-refractivity contribution in [2.24, 2.45) is 5.92 Å². The van der Waals surface area contributed by atoms with Crippen LogP contribution in [0.4, 0.5) is 4.79 Å². The van der Waals surface area contributed by atoms with Crippen LogP contribution in [0.15, 0.2) is 42.0 Å². The summed E-state index contributed by atoms with van der Waals surface area (Å²) in [7, 11) is 0. The topological polar surface area (TPSA) is 64.6 Å². The van der Waals surface area contributed by atoms with Crippen LogP contribution >= 0.6 is 11.8 Å². The molecule has 0 saturated heterocycles. The molecule has 0 bridgehead atoms.